The summed E-state index contributed by atoms with van der Waals surface area (Å²) in [5.41, 5.74) is -0.869. The van der Waals surface area contributed by atoms with Crippen LogP contribution in [-0.4, -0.2) is 60.3 Å². The van der Waals surface area contributed by atoms with Crippen molar-refractivity contribution in [3.05, 3.63) is 42.5 Å². The van der Waals surface area contributed by atoms with E-state index < -0.39 is 53.7 Å². The van der Waals surface area contributed by atoms with Crippen LogP contribution in [-0.2, 0) is 42.9 Å². The van der Waals surface area contributed by atoms with Crippen LogP contribution in [0.15, 0.2) is 47.4 Å². The number of benzene rings is 2. The molecule has 0 amide bonds. The molecule has 0 aliphatic carbocycles. The van der Waals surface area contributed by atoms with Gasteiger partial charge < -0.3 is 23.7 Å². The highest BCUT2D eigenvalue weighted by Crippen LogP contribution is 2.39. The molecule has 0 saturated carbocycles. The summed E-state index contributed by atoms with van der Waals surface area (Å²) in [6, 6.07) is 13.5. The molecule has 0 N–H and O–H groups in total. The van der Waals surface area contributed by atoms with E-state index in [0.717, 1.165) is 15.7 Å². The van der Waals surface area contributed by atoms with Crippen LogP contribution in [0.25, 0.3) is 10.8 Å². The number of fused-ring (bicyclic) bond motifs is 1. The molecule has 1 aliphatic rings. The molecule has 2 aromatic rings. The first-order valence-corrected chi connectivity index (χ1v) is 11.5. The van der Waals surface area contributed by atoms with Gasteiger partial charge in [0.05, 0.1) is 0 Å². The quantitative estimate of drug-likeness (QED) is 0.424. The van der Waals surface area contributed by atoms with Gasteiger partial charge in [0.2, 0.25) is 0 Å². The largest absolute Gasteiger partial charge is 0.463 e. The Bertz CT molecular complexity index is 1060. The van der Waals surface area contributed by atoms with E-state index in [9.17, 15) is 19.2 Å². The molecule has 2 aromatic carbocycles. The van der Waals surface area contributed by atoms with E-state index in [1.54, 1.807) is 0 Å². The van der Waals surface area contributed by atoms with E-state index >= 15 is 0 Å². The zero-order valence-electron chi connectivity index (χ0n) is 19.2. The van der Waals surface area contributed by atoms with Crippen molar-refractivity contribution in [1.82, 2.24) is 0 Å². The molecular formula is C24H26O9S. The van der Waals surface area contributed by atoms with Crippen molar-refractivity contribution >= 4 is 46.4 Å². The zero-order chi connectivity index (χ0) is 24.8. The predicted molar refractivity (Wildman–Crippen MR) is 122 cm³/mol. The summed E-state index contributed by atoms with van der Waals surface area (Å²) < 4.78 is 27.7. The highest BCUT2D eigenvalue weighted by Gasteiger charge is 2.52. The van der Waals surface area contributed by atoms with Crippen LogP contribution < -0.4 is 0 Å². The van der Waals surface area contributed by atoms with Crippen LogP contribution in [0.1, 0.15) is 27.7 Å². The van der Waals surface area contributed by atoms with E-state index in [2.05, 4.69) is 0 Å². The maximum Gasteiger partial charge on any atom is 0.303 e. The van der Waals surface area contributed by atoms with Crippen LogP contribution in [0.2, 0.25) is 0 Å². The fraction of sp³-hybridized carbons (Fsp3) is 0.417. The van der Waals surface area contributed by atoms with Crippen LogP contribution in [0, 0.1) is 0 Å². The molecular weight excluding hydrogens is 464 g/mol. The number of rotatable bonds is 7. The standard InChI is InChI=1S/C24H26O9S/c1-13(25)29-12-19-21(30-14(2)26)22(31-15(3)27)23(32-16(4)28)24(33-19)34-20-11-7-9-17-8-5-6-10-18(17)20/h5-11,19,21-24H,12H2,1-4H3/t19-,21-,22+,23+,24+/m1/s1. The number of hydrogen-bond acceptors (Lipinski definition) is 10. The second-order valence-corrected chi connectivity index (χ2v) is 8.80. The lowest BCUT2D eigenvalue weighted by Crippen LogP contribution is -2.61. The molecule has 9 nitrogen and oxygen atoms in total. The van der Waals surface area contributed by atoms with E-state index in [1.165, 1.54) is 39.5 Å². The highest BCUT2D eigenvalue weighted by molar-refractivity contribution is 8.00. The molecule has 5 atom stereocenters. The first-order chi connectivity index (χ1) is 16.2. The van der Waals surface area contributed by atoms with Crippen molar-refractivity contribution in [1.29, 1.82) is 0 Å². The summed E-state index contributed by atoms with van der Waals surface area (Å²) in [6.07, 6.45) is -4.44. The number of ether oxygens (including phenoxy) is 5. The average molecular weight is 491 g/mol. The number of hydrogen-bond donors (Lipinski definition) is 0. The van der Waals surface area contributed by atoms with Crippen molar-refractivity contribution in [2.24, 2.45) is 0 Å². The summed E-state index contributed by atoms with van der Waals surface area (Å²) in [5, 5.41) is 1.95. The van der Waals surface area contributed by atoms with Crippen molar-refractivity contribution in [2.45, 2.75) is 62.4 Å². The lowest BCUT2D eigenvalue weighted by Gasteiger charge is -2.44. The molecule has 182 valence electrons. The summed E-state index contributed by atoms with van der Waals surface area (Å²) in [5.74, 6) is -2.52. The molecule has 0 spiro atoms. The lowest BCUT2D eigenvalue weighted by atomic mass is 9.99. The van der Waals surface area contributed by atoms with Crippen LogP contribution >= 0.6 is 11.8 Å². The zero-order valence-corrected chi connectivity index (χ0v) is 20.0. The fourth-order valence-corrected chi connectivity index (χ4v) is 4.97. The predicted octanol–water partition coefficient (Wildman–Crippen LogP) is 3.02. The summed E-state index contributed by atoms with van der Waals surface area (Å²) in [6.45, 7) is 4.57. The van der Waals surface area contributed by atoms with Gasteiger partial charge >= 0.3 is 23.9 Å². The lowest BCUT2D eigenvalue weighted by molar-refractivity contribution is -0.237. The van der Waals surface area contributed by atoms with Crippen molar-refractivity contribution in [3.8, 4) is 0 Å². The smallest absolute Gasteiger partial charge is 0.303 e. The first-order valence-electron chi connectivity index (χ1n) is 10.6. The minimum absolute atomic E-state index is 0.259. The molecule has 0 radical (unpaired) electrons. The monoisotopic (exact) mass is 490 g/mol. The minimum Gasteiger partial charge on any atom is -0.463 e. The molecule has 0 aromatic heterocycles. The Balaban J connectivity index is 2.03. The average Bonchev–Trinajstić information content (AvgIpc) is 2.75. The van der Waals surface area contributed by atoms with Gasteiger partial charge in [-0.25, -0.2) is 0 Å². The van der Waals surface area contributed by atoms with Gasteiger partial charge in [-0.1, -0.05) is 48.2 Å². The third-order valence-corrected chi connectivity index (χ3v) is 6.16. The molecule has 1 saturated heterocycles. The summed E-state index contributed by atoms with van der Waals surface area (Å²) in [4.78, 5) is 48.1. The Labute approximate surface area is 201 Å². The Kier molecular flexibility index (Phi) is 8.51. The minimum atomic E-state index is -1.19. The maximum atomic E-state index is 12.0. The highest BCUT2D eigenvalue weighted by atomic mass is 32.2. The Morgan fingerprint density at radius 3 is 2.00 bits per heavy atom. The van der Waals surface area contributed by atoms with Gasteiger partial charge in [0.25, 0.3) is 0 Å². The van der Waals surface area contributed by atoms with Gasteiger partial charge in [-0.15, -0.1) is 0 Å². The number of esters is 4. The van der Waals surface area contributed by atoms with Gasteiger partial charge in [0.1, 0.15) is 18.1 Å². The third kappa shape index (κ3) is 6.48. The molecule has 3 rings (SSSR count). The Hall–Kier alpha value is -3.11. The van der Waals surface area contributed by atoms with E-state index in [4.69, 9.17) is 23.7 Å². The van der Waals surface area contributed by atoms with Crippen LogP contribution in [0.4, 0.5) is 0 Å². The molecule has 1 fully saturated rings. The second-order valence-electron chi connectivity index (χ2n) is 7.66. The van der Waals surface area contributed by atoms with Crippen molar-refractivity contribution in [3.63, 3.8) is 0 Å². The second kappa shape index (κ2) is 11.3. The van der Waals surface area contributed by atoms with Gasteiger partial charge in [0.15, 0.2) is 18.3 Å². The Morgan fingerprint density at radius 2 is 1.35 bits per heavy atom. The molecule has 0 bridgehead atoms. The molecule has 34 heavy (non-hydrogen) atoms. The third-order valence-electron chi connectivity index (χ3n) is 4.94. The van der Waals surface area contributed by atoms with E-state index in [0.29, 0.717) is 0 Å². The molecule has 1 heterocycles. The van der Waals surface area contributed by atoms with Gasteiger partial charge in [-0.3, -0.25) is 19.2 Å². The summed E-state index contributed by atoms with van der Waals surface area (Å²) >= 11 is 1.26. The van der Waals surface area contributed by atoms with Gasteiger partial charge in [-0.2, -0.15) is 0 Å². The summed E-state index contributed by atoms with van der Waals surface area (Å²) in [7, 11) is 0. The molecule has 10 heteroatoms. The van der Waals surface area contributed by atoms with Crippen molar-refractivity contribution in [2.75, 3.05) is 6.61 Å². The topological polar surface area (TPSA) is 114 Å². The molecule has 0 unspecified atom stereocenters. The van der Waals surface area contributed by atoms with E-state index in [-0.39, 0.29) is 6.61 Å². The van der Waals surface area contributed by atoms with Crippen LogP contribution in [0.3, 0.4) is 0 Å². The molecule has 1 aliphatic heterocycles. The number of carbonyl (C=O) groups excluding carboxylic acids is 4. The van der Waals surface area contributed by atoms with Gasteiger partial charge in [0, 0.05) is 32.6 Å². The maximum absolute atomic E-state index is 12.0. The van der Waals surface area contributed by atoms with Gasteiger partial charge in [-0.05, 0) is 16.8 Å². The fourth-order valence-electron chi connectivity index (χ4n) is 3.71. The normalized spacial score (nSPS) is 24.2. The van der Waals surface area contributed by atoms with Crippen molar-refractivity contribution < 1.29 is 42.9 Å². The number of carbonyl (C=O) groups is 4. The SMILES string of the molecule is CC(=O)OC[C@H]1O[C@@H](Sc2cccc3ccccc23)[C@@H](OC(C)=O)[C@@H](OC(C)=O)[C@@H]1OC(C)=O. The Morgan fingerprint density at radius 1 is 0.765 bits per heavy atom. The first kappa shape index (κ1) is 25.5. The number of thioether (sulfide) groups is 1. The van der Waals surface area contributed by atoms with Crippen LogP contribution in [0.5, 0.6) is 0 Å². The van der Waals surface area contributed by atoms with E-state index in [1.807, 2.05) is 42.5 Å².